The van der Waals surface area contributed by atoms with Crippen LogP contribution in [0.2, 0.25) is 0 Å². The Hall–Kier alpha value is -3.24. The summed E-state index contributed by atoms with van der Waals surface area (Å²) in [6.45, 7) is 2.35. The minimum absolute atomic E-state index is 0.316. The number of benzene rings is 1. The number of carboxylic acids is 2. The van der Waals surface area contributed by atoms with Crippen LogP contribution in [0.3, 0.4) is 0 Å². The van der Waals surface area contributed by atoms with Crippen molar-refractivity contribution in [1.29, 1.82) is 0 Å². The number of hydroxylamine groups is 2. The summed E-state index contributed by atoms with van der Waals surface area (Å²) in [7, 11) is 0. The summed E-state index contributed by atoms with van der Waals surface area (Å²) in [6.07, 6.45) is 0. The Morgan fingerprint density at radius 2 is 1.60 bits per heavy atom. The average Bonchev–Trinajstić information content (AvgIpc) is 2.52. The highest BCUT2D eigenvalue weighted by Crippen LogP contribution is 2.45. The van der Waals surface area contributed by atoms with Gasteiger partial charge >= 0.3 is 11.9 Å². The van der Waals surface area contributed by atoms with Crippen molar-refractivity contribution < 1.29 is 35.0 Å². The van der Waals surface area contributed by atoms with Crippen LogP contribution in [0.1, 0.15) is 19.4 Å². The molecular weight excluding hydrogens is 336 g/mol. The van der Waals surface area contributed by atoms with Gasteiger partial charge in [-0.3, -0.25) is 15.3 Å². The van der Waals surface area contributed by atoms with Crippen LogP contribution in [0.15, 0.2) is 46.8 Å². The zero-order valence-electron chi connectivity index (χ0n) is 13.1. The molecule has 0 aromatic heterocycles. The third-order valence-electron chi connectivity index (χ3n) is 3.99. The van der Waals surface area contributed by atoms with Crippen LogP contribution < -0.4 is 0 Å². The van der Waals surface area contributed by atoms with Crippen molar-refractivity contribution in [3.05, 3.63) is 62.5 Å². The molecule has 2 rings (SSSR count). The molecule has 0 bridgehead atoms. The number of nitrogens with zero attached hydrogens (tertiary/aromatic N) is 2. The number of aliphatic hydroxyl groups is 1. The highest BCUT2D eigenvalue weighted by Gasteiger charge is 2.51. The second-order valence-electron chi connectivity index (χ2n) is 5.36. The monoisotopic (exact) mass is 350 g/mol. The van der Waals surface area contributed by atoms with Crippen molar-refractivity contribution >= 4 is 17.6 Å². The van der Waals surface area contributed by atoms with Crippen molar-refractivity contribution in [3.8, 4) is 0 Å². The number of hydrogen-bond donors (Lipinski definition) is 4. The molecule has 0 aliphatic carbocycles. The first-order chi connectivity index (χ1) is 11.5. The summed E-state index contributed by atoms with van der Waals surface area (Å²) in [5.41, 5.74) is -5.74. The van der Waals surface area contributed by atoms with E-state index in [1.807, 2.05) is 0 Å². The minimum Gasteiger partial charge on any atom is -0.478 e. The lowest BCUT2D eigenvalue weighted by atomic mass is 9.75. The Morgan fingerprint density at radius 1 is 1.12 bits per heavy atom. The summed E-state index contributed by atoms with van der Waals surface area (Å²) in [5, 5.41) is 51.4. The molecule has 132 valence electrons. The Kier molecular flexibility index (Phi) is 4.34. The number of aliphatic carboxylic acids is 2. The lowest BCUT2D eigenvalue weighted by molar-refractivity contribution is -0.385. The molecular formula is C15H14N2O8. The van der Waals surface area contributed by atoms with Gasteiger partial charge in [0.2, 0.25) is 0 Å². The van der Waals surface area contributed by atoms with Crippen LogP contribution in [0, 0.1) is 10.1 Å². The zero-order valence-corrected chi connectivity index (χ0v) is 13.1. The van der Waals surface area contributed by atoms with Crippen molar-refractivity contribution in [2.45, 2.75) is 19.4 Å². The summed E-state index contributed by atoms with van der Waals surface area (Å²) >= 11 is 0. The maximum absolute atomic E-state index is 11.7. The second kappa shape index (κ2) is 6.00. The molecule has 1 heterocycles. The molecule has 0 atom stereocenters. The molecule has 0 amide bonds. The average molecular weight is 350 g/mol. The summed E-state index contributed by atoms with van der Waals surface area (Å²) in [4.78, 5) is 33.6. The van der Waals surface area contributed by atoms with Crippen molar-refractivity contribution in [2.24, 2.45) is 0 Å². The van der Waals surface area contributed by atoms with Crippen LogP contribution in [-0.2, 0) is 15.2 Å². The molecule has 0 unspecified atom stereocenters. The Labute approximate surface area is 140 Å². The van der Waals surface area contributed by atoms with E-state index < -0.39 is 39.3 Å². The van der Waals surface area contributed by atoms with Crippen LogP contribution in [0.4, 0.5) is 5.69 Å². The fraction of sp³-hybridized carbons (Fsp3) is 0.200. The van der Waals surface area contributed by atoms with E-state index in [1.54, 1.807) is 0 Å². The van der Waals surface area contributed by atoms with E-state index in [0.717, 1.165) is 12.1 Å². The first-order valence-electron chi connectivity index (χ1n) is 6.89. The zero-order chi connectivity index (χ0) is 19.1. The second-order valence-corrected chi connectivity index (χ2v) is 5.36. The Morgan fingerprint density at radius 3 is 2.00 bits per heavy atom. The molecule has 0 radical (unpaired) electrons. The largest absolute Gasteiger partial charge is 0.478 e. The maximum Gasteiger partial charge on any atom is 0.337 e. The summed E-state index contributed by atoms with van der Waals surface area (Å²) < 4.78 is 0. The number of rotatable bonds is 4. The van der Waals surface area contributed by atoms with E-state index in [1.165, 1.54) is 26.0 Å². The maximum atomic E-state index is 11.7. The molecule has 0 spiro atoms. The topological polar surface area (TPSA) is 161 Å². The van der Waals surface area contributed by atoms with Gasteiger partial charge < -0.3 is 15.3 Å². The molecule has 10 nitrogen and oxygen atoms in total. The van der Waals surface area contributed by atoms with Gasteiger partial charge in [-0.1, -0.05) is 12.1 Å². The van der Waals surface area contributed by atoms with Gasteiger partial charge in [0.05, 0.1) is 27.5 Å². The molecule has 0 saturated heterocycles. The number of allylic oxidation sites excluding steroid dienone is 2. The first-order valence-corrected chi connectivity index (χ1v) is 6.89. The van der Waals surface area contributed by atoms with E-state index in [0.29, 0.717) is 5.06 Å². The normalized spacial score (nSPS) is 16.9. The lowest BCUT2D eigenvalue weighted by Crippen LogP contribution is -2.45. The van der Waals surface area contributed by atoms with Gasteiger partial charge in [0.1, 0.15) is 0 Å². The van der Waals surface area contributed by atoms with E-state index in [9.17, 15) is 40.2 Å². The van der Waals surface area contributed by atoms with Crippen LogP contribution >= 0.6 is 0 Å². The number of nitro benzene ring substituents is 1. The highest BCUT2D eigenvalue weighted by molar-refractivity contribution is 5.99. The molecule has 1 aromatic rings. The van der Waals surface area contributed by atoms with Gasteiger partial charge in [-0.2, -0.15) is 0 Å². The van der Waals surface area contributed by atoms with E-state index in [4.69, 9.17) is 0 Å². The van der Waals surface area contributed by atoms with Gasteiger partial charge in [0.15, 0.2) is 5.60 Å². The number of carbonyl (C=O) groups is 2. The quantitative estimate of drug-likeness (QED) is 0.462. The van der Waals surface area contributed by atoms with E-state index in [-0.39, 0.29) is 17.0 Å². The molecule has 10 heteroatoms. The van der Waals surface area contributed by atoms with Gasteiger partial charge in [-0.15, -0.1) is 0 Å². The number of hydrogen-bond acceptors (Lipinski definition) is 7. The molecule has 4 N–H and O–H groups in total. The molecule has 1 aromatic carbocycles. The Balaban J connectivity index is 2.92. The van der Waals surface area contributed by atoms with Crippen molar-refractivity contribution in [2.75, 3.05) is 0 Å². The molecule has 0 fully saturated rings. The van der Waals surface area contributed by atoms with Crippen LogP contribution in [-0.4, -0.2) is 42.5 Å². The van der Waals surface area contributed by atoms with Gasteiger partial charge in [0.25, 0.3) is 5.69 Å². The third kappa shape index (κ3) is 2.62. The standard InChI is InChI=1S/C15H14N2O8/c1-7-11(13(18)19)15(22,12(14(20)21)8(2)16(7)23)9-4-3-5-10(6-9)17(24)25/h3-6,22-23H,1-2H3,(H,18,19)(H,20,21). The first kappa shape index (κ1) is 18.1. The fourth-order valence-electron chi connectivity index (χ4n) is 2.86. The predicted molar refractivity (Wildman–Crippen MR) is 81.3 cm³/mol. The van der Waals surface area contributed by atoms with Gasteiger partial charge in [0, 0.05) is 17.7 Å². The summed E-state index contributed by atoms with van der Waals surface area (Å²) in [6, 6.07) is 4.37. The molecule has 1 aliphatic rings. The van der Waals surface area contributed by atoms with Crippen LogP contribution in [0.5, 0.6) is 0 Å². The van der Waals surface area contributed by atoms with Crippen molar-refractivity contribution in [1.82, 2.24) is 5.06 Å². The molecule has 0 saturated carbocycles. The van der Waals surface area contributed by atoms with E-state index >= 15 is 0 Å². The van der Waals surface area contributed by atoms with E-state index in [2.05, 4.69) is 0 Å². The van der Waals surface area contributed by atoms with Gasteiger partial charge in [-0.05, 0) is 13.8 Å². The minimum atomic E-state index is -2.70. The third-order valence-corrected chi connectivity index (χ3v) is 3.99. The summed E-state index contributed by atoms with van der Waals surface area (Å²) in [5.74, 6) is -3.37. The lowest BCUT2D eigenvalue weighted by Gasteiger charge is -2.38. The fourth-order valence-corrected chi connectivity index (χ4v) is 2.86. The number of carboxylic acid groups (broad SMARTS) is 2. The molecule has 1 aliphatic heterocycles. The number of non-ortho nitro benzene ring substituents is 1. The van der Waals surface area contributed by atoms with Crippen molar-refractivity contribution in [3.63, 3.8) is 0 Å². The highest BCUT2D eigenvalue weighted by atomic mass is 16.6. The number of nitro groups is 1. The molecule has 25 heavy (non-hydrogen) atoms. The predicted octanol–water partition coefficient (Wildman–Crippen LogP) is 1.20. The van der Waals surface area contributed by atoms with Crippen LogP contribution in [0.25, 0.3) is 0 Å². The Bertz CT molecular complexity index is 817. The van der Waals surface area contributed by atoms with Gasteiger partial charge in [-0.25, -0.2) is 14.7 Å². The smallest absolute Gasteiger partial charge is 0.337 e. The SMILES string of the molecule is CC1=C(C(=O)O)C(O)(c2cccc([N+](=O)[O-])c2)C(C(=O)O)=C(C)N1O.